The average Bonchev–Trinajstić information content (AvgIpc) is 2.90. The van der Waals surface area contributed by atoms with E-state index < -0.39 is 12.0 Å². The third-order valence-electron chi connectivity index (χ3n) is 7.44. The Bertz CT molecular complexity index is 1330. The van der Waals surface area contributed by atoms with Crippen LogP contribution in [0.2, 0.25) is 10.0 Å². The Morgan fingerprint density at radius 2 is 1.89 bits per heavy atom. The van der Waals surface area contributed by atoms with Crippen molar-refractivity contribution in [2.24, 2.45) is 5.73 Å². The molecule has 1 aliphatic carbocycles. The zero-order valence-corrected chi connectivity index (χ0v) is 22.6. The van der Waals surface area contributed by atoms with Gasteiger partial charge in [0.2, 0.25) is 0 Å². The molecule has 2 aliphatic rings. The van der Waals surface area contributed by atoms with Crippen molar-refractivity contribution in [2.75, 3.05) is 0 Å². The Morgan fingerprint density at radius 1 is 1.11 bits per heavy atom. The summed E-state index contributed by atoms with van der Waals surface area (Å²) in [7, 11) is 0. The SMILES string of the molecule is Cc1ccc(CONC(=O)[C@@H]2c3ccccc3C(=O)N([C@H]3CCCCC3N)[C@H]2c2ccc(Cl)cc2Cl)nc1. The standard InChI is InChI=1S/C29H30Cl2N4O3/c1-17-10-12-19(33-15-17)16-38-34-28(36)26-20-6-2-3-7-21(20)29(37)35(25-9-5-4-8-24(25)32)27(26)22-13-11-18(30)14-23(22)31/h2-3,6-7,10-15,24-27H,4-5,8-9,16,32H2,1H3,(H,34,36)/t24?,25-,26+,27-/m0/s1. The molecule has 3 aromatic rings. The van der Waals surface area contributed by atoms with Crippen molar-refractivity contribution in [3.63, 3.8) is 0 Å². The van der Waals surface area contributed by atoms with Gasteiger partial charge in [-0.2, -0.15) is 0 Å². The summed E-state index contributed by atoms with van der Waals surface area (Å²) in [5.41, 5.74) is 12.7. The number of benzene rings is 2. The highest BCUT2D eigenvalue weighted by Crippen LogP contribution is 2.47. The normalized spacial score (nSPS) is 23.2. The summed E-state index contributed by atoms with van der Waals surface area (Å²) < 4.78 is 0. The number of nitrogens with two attached hydrogens (primary N) is 1. The van der Waals surface area contributed by atoms with Crippen molar-refractivity contribution in [3.8, 4) is 0 Å². The molecule has 0 saturated heterocycles. The second-order valence-corrected chi connectivity index (χ2v) is 10.8. The van der Waals surface area contributed by atoms with Crippen LogP contribution < -0.4 is 11.2 Å². The minimum atomic E-state index is -0.789. The number of fused-ring (bicyclic) bond motifs is 1. The van der Waals surface area contributed by atoms with Gasteiger partial charge in [0.15, 0.2) is 0 Å². The van der Waals surface area contributed by atoms with Crippen molar-refractivity contribution in [1.29, 1.82) is 0 Å². The molecule has 1 aromatic heterocycles. The number of aromatic nitrogens is 1. The predicted molar refractivity (Wildman–Crippen MR) is 147 cm³/mol. The maximum atomic E-state index is 14.0. The van der Waals surface area contributed by atoms with Gasteiger partial charge in [-0.3, -0.25) is 19.4 Å². The van der Waals surface area contributed by atoms with Crippen LogP contribution in [0.3, 0.4) is 0 Å². The van der Waals surface area contributed by atoms with Crippen LogP contribution >= 0.6 is 23.2 Å². The molecule has 1 aliphatic heterocycles. The van der Waals surface area contributed by atoms with E-state index in [9.17, 15) is 9.59 Å². The van der Waals surface area contributed by atoms with Gasteiger partial charge in [-0.15, -0.1) is 0 Å². The fourth-order valence-electron chi connectivity index (χ4n) is 5.59. The molecule has 1 fully saturated rings. The molecule has 2 amide bonds. The molecule has 3 N–H and O–H groups in total. The number of carbonyl (C=O) groups is 2. The zero-order chi connectivity index (χ0) is 26.8. The van der Waals surface area contributed by atoms with Crippen LogP contribution in [0.25, 0.3) is 0 Å². The zero-order valence-electron chi connectivity index (χ0n) is 21.1. The fraction of sp³-hybridized carbons (Fsp3) is 0.345. The van der Waals surface area contributed by atoms with Gasteiger partial charge in [0.1, 0.15) is 6.61 Å². The number of halogens is 2. The first-order valence-electron chi connectivity index (χ1n) is 12.8. The predicted octanol–water partition coefficient (Wildman–Crippen LogP) is 5.50. The first-order chi connectivity index (χ1) is 18.3. The smallest absolute Gasteiger partial charge is 0.255 e. The summed E-state index contributed by atoms with van der Waals surface area (Å²) in [5.74, 6) is -1.34. The van der Waals surface area contributed by atoms with E-state index >= 15 is 0 Å². The summed E-state index contributed by atoms with van der Waals surface area (Å²) in [6.45, 7) is 2.05. The topological polar surface area (TPSA) is 97.5 Å². The highest BCUT2D eigenvalue weighted by atomic mass is 35.5. The van der Waals surface area contributed by atoms with Gasteiger partial charge in [0, 0.05) is 33.9 Å². The largest absolute Gasteiger partial charge is 0.326 e. The van der Waals surface area contributed by atoms with E-state index in [1.165, 1.54) is 0 Å². The summed E-state index contributed by atoms with van der Waals surface area (Å²) in [5, 5.41) is 0.851. The van der Waals surface area contributed by atoms with Gasteiger partial charge in [-0.1, -0.05) is 66.4 Å². The van der Waals surface area contributed by atoms with Gasteiger partial charge in [0.05, 0.1) is 17.7 Å². The molecular formula is C29H30Cl2N4O3. The van der Waals surface area contributed by atoms with Gasteiger partial charge in [0.25, 0.3) is 11.8 Å². The highest BCUT2D eigenvalue weighted by molar-refractivity contribution is 6.35. The van der Waals surface area contributed by atoms with E-state index in [4.69, 9.17) is 33.8 Å². The molecular weight excluding hydrogens is 523 g/mol. The minimum absolute atomic E-state index is 0.100. The van der Waals surface area contributed by atoms with Gasteiger partial charge in [-0.05, 0) is 60.7 Å². The number of hydroxylamine groups is 1. The Balaban J connectivity index is 1.55. The summed E-state index contributed by atoms with van der Waals surface area (Å²) in [6.07, 6.45) is 5.26. The monoisotopic (exact) mass is 552 g/mol. The third-order valence-corrected chi connectivity index (χ3v) is 8.01. The lowest BCUT2D eigenvalue weighted by atomic mass is 9.76. The number of pyridine rings is 1. The number of carbonyl (C=O) groups excluding carboxylic acids is 2. The second kappa shape index (κ2) is 11.4. The number of nitrogens with one attached hydrogen (secondary N) is 1. The molecule has 0 radical (unpaired) electrons. The van der Waals surface area contributed by atoms with Crippen LogP contribution in [0.15, 0.2) is 60.8 Å². The lowest BCUT2D eigenvalue weighted by Crippen LogP contribution is -2.57. The average molecular weight is 553 g/mol. The number of hydrogen-bond donors (Lipinski definition) is 2. The molecule has 0 bridgehead atoms. The number of hydrogen-bond acceptors (Lipinski definition) is 5. The highest BCUT2D eigenvalue weighted by Gasteiger charge is 2.48. The molecule has 38 heavy (non-hydrogen) atoms. The summed E-state index contributed by atoms with van der Waals surface area (Å²) in [4.78, 5) is 39.7. The molecule has 5 rings (SSSR count). The van der Waals surface area contributed by atoms with Crippen molar-refractivity contribution < 1.29 is 14.4 Å². The fourth-order valence-corrected chi connectivity index (χ4v) is 6.11. The Labute approximate surface area is 232 Å². The maximum absolute atomic E-state index is 14.0. The number of aryl methyl sites for hydroxylation is 1. The molecule has 9 heteroatoms. The van der Waals surface area contributed by atoms with Crippen molar-refractivity contribution >= 4 is 35.0 Å². The van der Waals surface area contributed by atoms with Gasteiger partial charge < -0.3 is 10.6 Å². The first kappa shape index (κ1) is 26.6. The van der Waals surface area contributed by atoms with Crippen LogP contribution in [0, 0.1) is 6.92 Å². The molecule has 1 unspecified atom stereocenters. The van der Waals surface area contributed by atoms with E-state index in [0.717, 1.165) is 31.2 Å². The summed E-state index contributed by atoms with van der Waals surface area (Å²) in [6, 6.07) is 15.0. The quantitative estimate of drug-likeness (QED) is 0.393. The van der Waals surface area contributed by atoms with Crippen LogP contribution in [0.1, 0.15) is 70.4 Å². The second-order valence-electron chi connectivity index (χ2n) is 9.99. The lowest BCUT2D eigenvalue weighted by molar-refractivity contribution is -0.138. The number of rotatable bonds is 6. The van der Waals surface area contributed by atoms with Gasteiger partial charge in [-0.25, -0.2) is 5.48 Å². The molecule has 0 spiro atoms. The van der Waals surface area contributed by atoms with Crippen LogP contribution in [-0.4, -0.2) is 33.8 Å². The van der Waals surface area contributed by atoms with E-state index in [1.807, 2.05) is 31.2 Å². The molecule has 4 atom stereocenters. The van der Waals surface area contributed by atoms with Crippen molar-refractivity contribution in [2.45, 2.75) is 63.3 Å². The molecule has 198 valence electrons. The van der Waals surface area contributed by atoms with E-state index in [2.05, 4.69) is 10.5 Å². The Kier molecular flexibility index (Phi) is 8.00. The van der Waals surface area contributed by atoms with Crippen molar-refractivity contribution in [1.82, 2.24) is 15.4 Å². The number of amides is 2. The van der Waals surface area contributed by atoms with Crippen molar-refractivity contribution in [3.05, 3.63) is 98.8 Å². The van der Waals surface area contributed by atoms with Crippen LogP contribution in [-0.2, 0) is 16.2 Å². The molecule has 2 heterocycles. The lowest BCUT2D eigenvalue weighted by Gasteiger charge is -2.48. The van der Waals surface area contributed by atoms with Crippen LogP contribution in [0.5, 0.6) is 0 Å². The first-order valence-corrected chi connectivity index (χ1v) is 13.6. The number of nitrogens with zero attached hydrogens (tertiary/aromatic N) is 2. The maximum Gasteiger partial charge on any atom is 0.255 e. The van der Waals surface area contributed by atoms with E-state index in [0.29, 0.717) is 32.4 Å². The molecule has 7 nitrogen and oxygen atoms in total. The minimum Gasteiger partial charge on any atom is -0.326 e. The molecule has 2 aromatic carbocycles. The van der Waals surface area contributed by atoms with Crippen LogP contribution in [0.4, 0.5) is 0 Å². The Morgan fingerprint density at radius 3 is 2.63 bits per heavy atom. The summed E-state index contributed by atoms with van der Waals surface area (Å²) >= 11 is 12.9. The Hall–Kier alpha value is -2.97. The van der Waals surface area contributed by atoms with E-state index in [1.54, 1.807) is 41.4 Å². The molecule has 1 saturated carbocycles. The van der Waals surface area contributed by atoms with Gasteiger partial charge >= 0.3 is 0 Å². The van der Waals surface area contributed by atoms with E-state index in [-0.39, 0.29) is 30.5 Å². The third kappa shape index (κ3) is 5.29.